The topological polar surface area (TPSA) is 75.3 Å². The van der Waals surface area contributed by atoms with E-state index in [9.17, 15) is 4.79 Å². The van der Waals surface area contributed by atoms with Crippen LogP contribution in [0.25, 0.3) is 0 Å². The summed E-state index contributed by atoms with van der Waals surface area (Å²) in [5.74, 6) is -1.02. The molecule has 0 aliphatic heterocycles. The number of nitrogens with two attached hydrogens (primary N) is 1. The lowest BCUT2D eigenvalue weighted by atomic mass is 10.2. The molecule has 4 N–H and O–H groups in total. The maximum atomic E-state index is 10.6. The van der Waals surface area contributed by atoms with Crippen LogP contribution < -0.4 is 11.1 Å². The molecule has 16 heavy (non-hydrogen) atoms. The molecule has 0 spiro atoms. The lowest BCUT2D eigenvalue weighted by Crippen LogP contribution is -2.37. The fraction of sp³-hybridized carbons (Fsp3) is 0.300. The number of hydrogen-bond acceptors (Lipinski definition) is 3. The molecule has 0 aliphatic rings. The highest BCUT2D eigenvalue weighted by atomic mass is 79.9. The van der Waals surface area contributed by atoms with E-state index in [1.807, 2.05) is 19.1 Å². The third-order valence-corrected chi connectivity index (χ3v) is 3.25. The summed E-state index contributed by atoms with van der Waals surface area (Å²) >= 11 is 6.81. The van der Waals surface area contributed by atoms with E-state index in [-0.39, 0.29) is 6.54 Å². The number of carboxylic acid groups (broad SMARTS) is 1. The van der Waals surface area contributed by atoms with Crippen molar-refractivity contribution in [2.75, 3.05) is 11.9 Å². The van der Waals surface area contributed by atoms with E-state index in [1.54, 1.807) is 0 Å². The summed E-state index contributed by atoms with van der Waals surface area (Å²) in [4.78, 5) is 10.6. The van der Waals surface area contributed by atoms with E-state index >= 15 is 0 Å². The Kier molecular flexibility index (Phi) is 4.76. The number of benzene rings is 1. The number of aryl methyl sites for hydroxylation is 1. The van der Waals surface area contributed by atoms with E-state index < -0.39 is 12.0 Å². The van der Waals surface area contributed by atoms with Gasteiger partial charge in [-0.2, -0.15) is 0 Å². The van der Waals surface area contributed by atoms with Gasteiger partial charge in [0.25, 0.3) is 0 Å². The molecule has 1 aromatic rings. The van der Waals surface area contributed by atoms with Crippen LogP contribution in [0.4, 0.5) is 5.69 Å². The average Bonchev–Trinajstić information content (AvgIpc) is 2.15. The third-order valence-electron chi connectivity index (χ3n) is 2.00. The molecule has 0 amide bonds. The molecule has 0 aliphatic carbocycles. The van der Waals surface area contributed by atoms with Gasteiger partial charge in [-0.05, 0) is 56.5 Å². The van der Waals surface area contributed by atoms with Gasteiger partial charge in [-0.15, -0.1) is 0 Å². The van der Waals surface area contributed by atoms with Gasteiger partial charge in [0.2, 0.25) is 0 Å². The van der Waals surface area contributed by atoms with Crippen molar-refractivity contribution < 1.29 is 9.90 Å². The Bertz CT molecular complexity index is 387. The lowest BCUT2D eigenvalue weighted by molar-refractivity contribution is -0.138. The van der Waals surface area contributed by atoms with Crippen molar-refractivity contribution in [2.24, 2.45) is 5.73 Å². The maximum Gasteiger partial charge on any atom is 0.322 e. The summed E-state index contributed by atoms with van der Waals surface area (Å²) in [7, 11) is 0. The first-order chi connectivity index (χ1) is 7.41. The van der Waals surface area contributed by atoms with Crippen molar-refractivity contribution in [2.45, 2.75) is 13.0 Å². The van der Waals surface area contributed by atoms with Gasteiger partial charge in [0.05, 0.1) is 5.69 Å². The summed E-state index contributed by atoms with van der Waals surface area (Å²) in [6, 6.07) is 2.97. The Hall–Kier alpha value is -0.590. The van der Waals surface area contributed by atoms with Gasteiger partial charge in [0.1, 0.15) is 6.04 Å². The molecule has 0 heterocycles. The van der Waals surface area contributed by atoms with Crippen LogP contribution in [0.2, 0.25) is 0 Å². The van der Waals surface area contributed by atoms with Gasteiger partial charge in [0, 0.05) is 15.5 Å². The van der Waals surface area contributed by atoms with Crippen molar-refractivity contribution in [3.63, 3.8) is 0 Å². The number of nitrogens with one attached hydrogen (secondary N) is 1. The first-order valence-corrected chi connectivity index (χ1v) is 6.18. The zero-order valence-electron chi connectivity index (χ0n) is 8.63. The molecule has 0 fully saturated rings. The zero-order chi connectivity index (χ0) is 12.3. The van der Waals surface area contributed by atoms with Crippen LogP contribution in [0.1, 0.15) is 5.56 Å². The van der Waals surface area contributed by atoms with Crippen LogP contribution in [-0.4, -0.2) is 23.7 Å². The van der Waals surface area contributed by atoms with E-state index in [4.69, 9.17) is 10.8 Å². The molecule has 0 aromatic heterocycles. The summed E-state index contributed by atoms with van der Waals surface area (Å²) in [5.41, 5.74) is 7.31. The fourth-order valence-electron chi connectivity index (χ4n) is 1.17. The third kappa shape index (κ3) is 3.47. The molecular weight excluding hydrogens is 340 g/mol. The van der Waals surface area contributed by atoms with Crippen LogP contribution in [0.5, 0.6) is 0 Å². The second-order valence-electron chi connectivity index (χ2n) is 3.43. The van der Waals surface area contributed by atoms with E-state index in [0.717, 1.165) is 20.2 Å². The van der Waals surface area contributed by atoms with Crippen LogP contribution in [-0.2, 0) is 4.79 Å². The molecule has 4 nitrogen and oxygen atoms in total. The number of carboxylic acids is 1. The Morgan fingerprint density at radius 2 is 2.00 bits per heavy atom. The molecule has 6 heteroatoms. The summed E-state index contributed by atoms with van der Waals surface area (Å²) < 4.78 is 1.74. The number of carbonyl (C=O) groups is 1. The molecule has 0 bridgehead atoms. The van der Waals surface area contributed by atoms with Gasteiger partial charge >= 0.3 is 5.97 Å². The zero-order valence-corrected chi connectivity index (χ0v) is 11.8. The fourth-order valence-corrected chi connectivity index (χ4v) is 2.86. The molecule has 1 rings (SSSR count). The highest BCUT2D eigenvalue weighted by Gasteiger charge is 2.13. The smallest absolute Gasteiger partial charge is 0.322 e. The van der Waals surface area contributed by atoms with Crippen LogP contribution in [0.3, 0.4) is 0 Å². The van der Waals surface area contributed by atoms with Crippen LogP contribution >= 0.6 is 31.9 Å². The summed E-state index contributed by atoms with van der Waals surface area (Å²) in [6.07, 6.45) is 0. The normalized spacial score (nSPS) is 12.2. The molecule has 88 valence electrons. The van der Waals surface area contributed by atoms with Gasteiger partial charge in [-0.25, -0.2) is 0 Å². The quantitative estimate of drug-likeness (QED) is 0.778. The van der Waals surface area contributed by atoms with Crippen molar-refractivity contribution in [1.82, 2.24) is 0 Å². The Morgan fingerprint density at radius 1 is 1.50 bits per heavy atom. The van der Waals surface area contributed by atoms with E-state index in [2.05, 4.69) is 37.2 Å². The van der Waals surface area contributed by atoms with Crippen molar-refractivity contribution in [3.8, 4) is 0 Å². The minimum absolute atomic E-state index is 0.176. The van der Waals surface area contributed by atoms with Crippen LogP contribution in [0, 0.1) is 6.92 Å². The highest BCUT2D eigenvalue weighted by molar-refractivity contribution is 9.11. The number of aliphatic carboxylic acids is 1. The van der Waals surface area contributed by atoms with E-state index in [1.165, 1.54) is 0 Å². The second-order valence-corrected chi connectivity index (χ2v) is 5.14. The molecule has 0 saturated heterocycles. The molecule has 1 unspecified atom stereocenters. The Labute approximate surface area is 110 Å². The van der Waals surface area contributed by atoms with Crippen molar-refractivity contribution >= 4 is 43.5 Å². The Balaban J connectivity index is 2.78. The molecule has 0 saturated carbocycles. The van der Waals surface area contributed by atoms with Gasteiger partial charge in [0.15, 0.2) is 0 Å². The molecule has 1 atom stereocenters. The molecular formula is C10H12Br2N2O2. The minimum Gasteiger partial charge on any atom is -0.480 e. The highest BCUT2D eigenvalue weighted by Crippen LogP contribution is 2.32. The van der Waals surface area contributed by atoms with Crippen LogP contribution in [0.15, 0.2) is 21.1 Å². The SMILES string of the molecule is Cc1cc(Br)c(NCC(N)C(=O)O)c(Br)c1. The predicted octanol–water partition coefficient (Wildman–Crippen LogP) is 2.34. The largest absolute Gasteiger partial charge is 0.480 e. The van der Waals surface area contributed by atoms with Gasteiger partial charge in [-0.1, -0.05) is 0 Å². The average molecular weight is 352 g/mol. The summed E-state index contributed by atoms with van der Waals surface area (Å²) in [6.45, 7) is 2.15. The first kappa shape index (κ1) is 13.5. The van der Waals surface area contributed by atoms with Crippen molar-refractivity contribution in [3.05, 3.63) is 26.6 Å². The number of rotatable bonds is 4. The van der Waals surface area contributed by atoms with Gasteiger partial charge < -0.3 is 16.2 Å². The number of hydrogen-bond donors (Lipinski definition) is 3. The minimum atomic E-state index is -1.02. The van der Waals surface area contributed by atoms with Gasteiger partial charge in [-0.3, -0.25) is 4.79 Å². The molecule has 0 radical (unpaired) electrons. The standard InChI is InChI=1S/C10H12Br2N2O2/c1-5-2-6(11)9(7(12)3-5)14-4-8(13)10(15)16/h2-3,8,14H,4,13H2,1H3,(H,15,16). The number of halogens is 2. The monoisotopic (exact) mass is 350 g/mol. The predicted molar refractivity (Wildman–Crippen MR) is 70.7 cm³/mol. The lowest BCUT2D eigenvalue weighted by Gasteiger charge is -2.13. The first-order valence-electron chi connectivity index (χ1n) is 4.59. The maximum absolute atomic E-state index is 10.6. The summed E-state index contributed by atoms with van der Waals surface area (Å²) in [5, 5.41) is 11.6. The molecule has 1 aromatic carbocycles. The Morgan fingerprint density at radius 3 is 2.44 bits per heavy atom. The van der Waals surface area contributed by atoms with E-state index in [0.29, 0.717) is 0 Å². The van der Waals surface area contributed by atoms with Crippen molar-refractivity contribution in [1.29, 1.82) is 0 Å². The number of anilines is 1. The second kappa shape index (κ2) is 5.65.